The summed E-state index contributed by atoms with van der Waals surface area (Å²) in [6.07, 6.45) is 0. The molecule has 0 saturated heterocycles. The van der Waals surface area contributed by atoms with Gasteiger partial charge in [0.1, 0.15) is 0 Å². The molecule has 0 aromatic rings. The van der Waals surface area contributed by atoms with Crippen LogP contribution in [0.15, 0.2) is 0 Å². The molecule has 0 spiro atoms. The van der Waals surface area contributed by atoms with E-state index >= 15 is 0 Å². The Kier molecular flexibility index (Phi) is 22.4. The SMILES string of the molecule is [O]=[Ge]=[O].[SiH4]. The Labute approximate surface area is 34.5 Å². The summed E-state index contributed by atoms with van der Waals surface area (Å²) in [6, 6.07) is 0. The third-order valence-corrected chi connectivity index (χ3v) is 0. The van der Waals surface area contributed by atoms with E-state index in [4.69, 9.17) is 7.56 Å². The molecule has 0 atom stereocenters. The van der Waals surface area contributed by atoms with E-state index in [1.165, 1.54) is 0 Å². The Balaban J connectivity index is 0. The van der Waals surface area contributed by atoms with Gasteiger partial charge in [-0.25, -0.2) is 0 Å². The van der Waals surface area contributed by atoms with Crippen molar-refractivity contribution >= 4 is 26.3 Å². The minimum atomic E-state index is -2.00. The van der Waals surface area contributed by atoms with E-state index in [0.29, 0.717) is 0 Å². The third-order valence-electron chi connectivity index (χ3n) is 0. The van der Waals surface area contributed by atoms with Gasteiger partial charge in [0, 0.05) is 0 Å². The standard InChI is InChI=1S/GeO2.H4Si/c2-1-3;/h;1H4. The number of rotatable bonds is 0. The Morgan fingerprint density at radius 3 is 1.25 bits per heavy atom. The summed E-state index contributed by atoms with van der Waals surface area (Å²) in [6.45, 7) is 0. The van der Waals surface area contributed by atoms with Crippen LogP contribution >= 0.6 is 0 Å². The first-order valence-corrected chi connectivity index (χ1v) is 2.12. The number of hydrogen-bond donors (Lipinski definition) is 0. The zero-order chi connectivity index (χ0) is 2.71. The molecule has 0 rings (SSSR count). The molecule has 0 aliphatic heterocycles. The molecule has 0 aliphatic rings. The van der Waals surface area contributed by atoms with Crippen LogP contribution in [0.2, 0.25) is 0 Å². The van der Waals surface area contributed by atoms with E-state index < -0.39 is 15.3 Å². The van der Waals surface area contributed by atoms with Gasteiger partial charge in [-0.05, 0) is 11.0 Å². The van der Waals surface area contributed by atoms with Gasteiger partial charge in [0.15, 0.2) is 0 Å². The molecule has 0 saturated carbocycles. The topological polar surface area (TPSA) is 34.1 Å². The van der Waals surface area contributed by atoms with Crippen molar-refractivity contribution in [3.63, 3.8) is 0 Å². The summed E-state index contributed by atoms with van der Waals surface area (Å²) in [7, 11) is 0. The molecule has 2 nitrogen and oxygen atoms in total. The van der Waals surface area contributed by atoms with Crippen molar-refractivity contribution in [3.8, 4) is 0 Å². The summed E-state index contributed by atoms with van der Waals surface area (Å²) in [5.74, 6) is 0. The fourth-order valence-corrected chi connectivity index (χ4v) is 0. The van der Waals surface area contributed by atoms with Gasteiger partial charge in [0.25, 0.3) is 0 Å². The second kappa shape index (κ2) is 10.1. The largest absolute Gasteiger partial charge is 0.0149 e. The average Bonchev–Trinajstić information content (AvgIpc) is 0.918. The summed E-state index contributed by atoms with van der Waals surface area (Å²) >= 11 is -2.00. The van der Waals surface area contributed by atoms with Gasteiger partial charge in [-0.2, -0.15) is 0 Å². The van der Waals surface area contributed by atoms with Crippen LogP contribution in [0.25, 0.3) is 0 Å². The molecule has 4 heteroatoms. The van der Waals surface area contributed by atoms with Crippen molar-refractivity contribution < 1.29 is 7.56 Å². The molecule has 0 N–H and O–H groups in total. The maximum absolute atomic E-state index is 8.50. The quantitative estimate of drug-likeness (QED) is 0.359. The molecule has 0 heterocycles. The van der Waals surface area contributed by atoms with Crippen molar-refractivity contribution in [3.05, 3.63) is 0 Å². The van der Waals surface area contributed by atoms with E-state index in [9.17, 15) is 0 Å². The van der Waals surface area contributed by atoms with Gasteiger partial charge in [0.2, 0.25) is 0 Å². The molecule has 0 radical (unpaired) electrons. The molecule has 0 bridgehead atoms. The van der Waals surface area contributed by atoms with Crippen LogP contribution in [-0.4, -0.2) is 26.3 Å². The molecular weight excluding hydrogens is 133 g/mol. The van der Waals surface area contributed by atoms with Gasteiger partial charge in [0.05, 0.1) is 0 Å². The first-order chi connectivity index (χ1) is 1.41. The summed E-state index contributed by atoms with van der Waals surface area (Å²) < 4.78 is 17.0. The van der Waals surface area contributed by atoms with Crippen molar-refractivity contribution in [1.82, 2.24) is 0 Å². The Hall–Kier alpha value is 0.360. The van der Waals surface area contributed by atoms with Crippen molar-refractivity contribution in [1.29, 1.82) is 0 Å². The second-order valence-corrected chi connectivity index (χ2v) is 0.433. The third kappa shape index (κ3) is 33.7. The molecule has 0 aromatic carbocycles. The summed E-state index contributed by atoms with van der Waals surface area (Å²) in [5, 5.41) is 0. The van der Waals surface area contributed by atoms with E-state index in [-0.39, 0.29) is 11.0 Å². The molecule has 4 heavy (non-hydrogen) atoms. The first kappa shape index (κ1) is 8.84. The van der Waals surface area contributed by atoms with E-state index in [2.05, 4.69) is 0 Å². The Morgan fingerprint density at radius 1 is 1.25 bits per heavy atom. The molecule has 24 valence electrons. The Bertz CT molecular complexity index is 27.0. The van der Waals surface area contributed by atoms with Crippen molar-refractivity contribution in [2.45, 2.75) is 0 Å². The van der Waals surface area contributed by atoms with E-state index in [1.807, 2.05) is 0 Å². The van der Waals surface area contributed by atoms with Crippen LogP contribution in [0.1, 0.15) is 0 Å². The monoisotopic (exact) mass is 138 g/mol. The van der Waals surface area contributed by atoms with Crippen LogP contribution in [0.5, 0.6) is 0 Å². The summed E-state index contributed by atoms with van der Waals surface area (Å²) in [5.41, 5.74) is 0. The van der Waals surface area contributed by atoms with Gasteiger partial charge in [-0.15, -0.1) is 0 Å². The predicted octanol–water partition coefficient (Wildman–Crippen LogP) is -2.07. The molecule has 0 unspecified atom stereocenters. The number of hydrogen-bond acceptors (Lipinski definition) is 2. The maximum Gasteiger partial charge on any atom is -0.0149 e. The zero-order valence-electron chi connectivity index (χ0n) is 1.32. The minimum absolute atomic E-state index is 0. The van der Waals surface area contributed by atoms with E-state index in [0.717, 1.165) is 0 Å². The normalized spacial score (nSPS) is 2.00. The molecular formula is H4GeO2Si. The van der Waals surface area contributed by atoms with Crippen molar-refractivity contribution in [2.24, 2.45) is 0 Å². The molecule has 0 fully saturated rings. The van der Waals surface area contributed by atoms with Crippen LogP contribution in [0.3, 0.4) is 0 Å². The summed E-state index contributed by atoms with van der Waals surface area (Å²) in [4.78, 5) is 0. The zero-order valence-corrected chi connectivity index (χ0v) is 3.41. The van der Waals surface area contributed by atoms with Gasteiger partial charge < -0.3 is 0 Å². The van der Waals surface area contributed by atoms with Crippen LogP contribution < -0.4 is 0 Å². The van der Waals surface area contributed by atoms with Gasteiger partial charge in [-0.1, -0.05) is 0 Å². The fourth-order valence-electron chi connectivity index (χ4n) is 0. The maximum atomic E-state index is 8.50. The van der Waals surface area contributed by atoms with Crippen LogP contribution in [0, 0.1) is 0 Å². The van der Waals surface area contributed by atoms with Gasteiger partial charge >= 0.3 is 22.9 Å². The van der Waals surface area contributed by atoms with Crippen LogP contribution in [0.4, 0.5) is 0 Å². The fraction of sp³-hybridized carbons (Fsp3) is 0. The average molecular weight is 137 g/mol. The molecule has 0 amide bonds. The second-order valence-electron chi connectivity index (χ2n) is 0.0833. The van der Waals surface area contributed by atoms with Crippen molar-refractivity contribution in [2.75, 3.05) is 0 Å². The van der Waals surface area contributed by atoms with E-state index in [1.54, 1.807) is 0 Å². The molecule has 0 aromatic heterocycles. The minimum Gasteiger partial charge on any atom is -0.0149 e. The predicted molar refractivity (Wildman–Crippen MR) is 18.5 cm³/mol. The molecule has 0 aliphatic carbocycles. The Morgan fingerprint density at radius 2 is 1.25 bits per heavy atom. The smallest absolute Gasteiger partial charge is 0.0149 e. The van der Waals surface area contributed by atoms with Crippen LogP contribution in [-0.2, 0) is 7.56 Å². The first-order valence-electron chi connectivity index (χ1n) is 0.408. The van der Waals surface area contributed by atoms with Gasteiger partial charge in [-0.3, -0.25) is 0 Å².